The summed E-state index contributed by atoms with van der Waals surface area (Å²) in [6.07, 6.45) is 2.96. The molecule has 0 aliphatic heterocycles. The Morgan fingerprint density at radius 2 is 2.36 bits per heavy atom. The predicted molar refractivity (Wildman–Crippen MR) is 41.2 cm³/mol. The molecule has 0 amide bonds. The minimum Gasteiger partial charge on any atom is -0.409 e. The van der Waals surface area contributed by atoms with Gasteiger partial charge in [-0.2, -0.15) is 0 Å². The van der Waals surface area contributed by atoms with E-state index in [1.165, 1.54) is 12.4 Å². The van der Waals surface area contributed by atoms with E-state index in [-0.39, 0.29) is 5.84 Å². The van der Waals surface area contributed by atoms with Crippen LogP contribution in [0.25, 0.3) is 0 Å². The second-order valence-electron chi connectivity index (χ2n) is 1.95. The summed E-state index contributed by atoms with van der Waals surface area (Å²) in [7, 11) is 0. The molecule has 0 saturated carbocycles. The van der Waals surface area contributed by atoms with Gasteiger partial charge in [0.25, 0.3) is 0 Å². The summed E-state index contributed by atoms with van der Waals surface area (Å²) in [6, 6.07) is 1.57. The number of nitrogens with zero attached hydrogens (tertiary/aromatic N) is 2. The summed E-state index contributed by atoms with van der Waals surface area (Å²) >= 11 is 0. The minimum absolute atomic E-state index is 0.00935. The topological polar surface area (TPSA) is 97.5 Å². The molecule has 5 heteroatoms. The number of nitrogen functional groups attached to an aromatic ring is 1. The smallest absolute Gasteiger partial charge is 0.172 e. The highest BCUT2D eigenvalue weighted by Gasteiger charge is 2.01. The van der Waals surface area contributed by atoms with Crippen molar-refractivity contribution in [1.82, 2.24) is 4.98 Å². The standard InChI is InChI=1S/C6H8N4O/c7-5-3-9-2-1-4(5)6(8)10-11/h1-3,11H,7H2,(H2,8,10). The summed E-state index contributed by atoms with van der Waals surface area (Å²) in [6.45, 7) is 0. The molecule has 1 heterocycles. The third-order valence-electron chi connectivity index (χ3n) is 1.24. The highest BCUT2D eigenvalue weighted by molar-refractivity contribution is 6.01. The quantitative estimate of drug-likeness (QED) is 0.224. The lowest BCUT2D eigenvalue weighted by molar-refractivity contribution is 0.318. The average molecular weight is 152 g/mol. The maximum Gasteiger partial charge on any atom is 0.172 e. The molecule has 0 fully saturated rings. The second-order valence-corrected chi connectivity index (χ2v) is 1.95. The van der Waals surface area contributed by atoms with E-state index in [0.29, 0.717) is 11.3 Å². The maximum absolute atomic E-state index is 8.30. The lowest BCUT2D eigenvalue weighted by atomic mass is 10.2. The molecule has 58 valence electrons. The summed E-state index contributed by atoms with van der Waals surface area (Å²) in [5, 5.41) is 11.1. The van der Waals surface area contributed by atoms with Crippen molar-refractivity contribution in [2.75, 3.05) is 5.73 Å². The molecule has 5 nitrogen and oxygen atoms in total. The Morgan fingerprint density at radius 3 is 2.91 bits per heavy atom. The van der Waals surface area contributed by atoms with Gasteiger partial charge in [0.05, 0.1) is 11.9 Å². The van der Waals surface area contributed by atoms with Gasteiger partial charge in [-0.1, -0.05) is 5.16 Å². The molecule has 1 rings (SSSR count). The largest absolute Gasteiger partial charge is 0.409 e. The third-order valence-corrected chi connectivity index (χ3v) is 1.24. The van der Waals surface area contributed by atoms with E-state index < -0.39 is 0 Å². The summed E-state index contributed by atoms with van der Waals surface area (Å²) < 4.78 is 0. The lowest BCUT2D eigenvalue weighted by Crippen LogP contribution is -2.15. The Labute approximate surface area is 63.3 Å². The fourth-order valence-corrected chi connectivity index (χ4v) is 0.694. The lowest BCUT2D eigenvalue weighted by Gasteiger charge is -2.00. The number of nitrogens with two attached hydrogens (primary N) is 2. The zero-order valence-electron chi connectivity index (χ0n) is 5.73. The summed E-state index contributed by atoms with van der Waals surface area (Å²) in [4.78, 5) is 3.74. The number of anilines is 1. The highest BCUT2D eigenvalue weighted by Crippen LogP contribution is 2.06. The number of hydrogen-bond donors (Lipinski definition) is 3. The first-order valence-electron chi connectivity index (χ1n) is 2.93. The Morgan fingerprint density at radius 1 is 1.64 bits per heavy atom. The molecule has 0 aromatic carbocycles. The Hall–Kier alpha value is -1.78. The van der Waals surface area contributed by atoms with Gasteiger partial charge in [-0.3, -0.25) is 4.98 Å². The number of hydrogen-bond acceptors (Lipinski definition) is 4. The van der Waals surface area contributed by atoms with Crippen LogP contribution in [0.5, 0.6) is 0 Å². The molecule has 0 bridgehead atoms. The minimum atomic E-state index is -0.00935. The zero-order valence-corrected chi connectivity index (χ0v) is 5.73. The van der Waals surface area contributed by atoms with E-state index in [2.05, 4.69) is 10.1 Å². The molecule has 0 radical (unpaired) electrons. The summed E-state index contributed by atoms with van der Waals surface area (Å²) in [5.74, 6) is -0.00935. The van der Waals surface area contributed by atoms with Crippen LogP contribution < -0.4 is 11.5 Å². The third kappa shape index (κ3) is 1.37. The van der Waals surface area contributed by atoms with Crippen LogP contribution in [-0.4, -0.2) is 16.0 Å². The molecular formula is C6H8N4O. The monoisotopic (exact) mass is 152 g/mol. The van der Waals surface area contributed by atoms with E-state index in [9.17, 15) is 0 Å². The molecule has 0 spiro atoms. The van der Waals surface area contributed by atoms with Crippen LogP contribution in [0.1, 0.15) is 5.56 Å². The van der Waals surface area contributed by atoms with E-state index in [4.69, 9.17) is 16.7 Å². The molecule has 0 atom stereocenters. The van der Waals surface area contributed by atoms with Crippen molar-refractivity contribution in [3.8, 4) is 0 Å². The van der Waals surface area contributed by atoms with Crippen molar-refractivity contribution < 1.29 is 5.21 Å². The van der Waals surface area contributed by atoms with Crippen molar-refractivity contribution >= 4 is 11.5 Å². The van der Waals surface area contributed by atoms with Crippen LogP contribution in [0.3, 0.4) is 0 Å². The molecule has 1 aromatic rings. The van der Waals surface area contributed by atoms with Gasteiger partial charge in [-0.05, 0) is 6.07 Å². The van der Waals surface area contributed by atoms with Crippen molar-refractivity contribution in [2.45, 2.75) is 0 Å². The molecule has 0 aliphatic rings. The van der Waals surface area contributed by atoms with Gasteiger partial charge in [0.2, 0.25) is 0 Å². The number of pyridine rings is 1. The number of amidine groups is 1. The van der Waals surface area contributed by atoms with Crippen molar-refractivity contribution in [2.24, 2.45) is 10.9 Å². The van der Waals surface area contributed by atoms with Crippen LogP contribution in [-0.2, 0) is 0 Å². The van der Waals surface area contributed by atoms with Gasteiger partial charge >= 0.3 is 0 Å². The first-order valence-corrected chi connectivity index (χ1v) is 2.93. The SMILES string of the molecule is N/C(=N\O)c1ccncc1N. The molecular weight excluding hydrogens is 144 g/mol. The zero-order chi connectivity index (χ0) is 8.27. The normalized spacial score (nSPS) is 11.5. The fourth-order valence-electron chi connectivity index (χ4n) is 0.694. The number of aromatic nitrogens is 1. The van der Waals surface area contributed by atoms with Crippen molar-refractivity contribution in [3.63, 3.8) is 0 Å². The number of rotatable bonds is 1. The van der Waals surface area contributed by atoms with Gasteiger partial charge < -0.3 is 16.7 Å². The predicted octanol–water partition coefficient (Wildman–Crippen LogP) is -0.242. The molecule has 0 aliphatic carbocycles. The van der Waals surface area contributed by atoms with Gasteiger partial charge in [0.1, 0.15) is 0 Å². The van der Waals surface area contributed by atoms with Gasteiger partial charge in [0, 0.05) is 11.8 Å². The molecule has 0 unspecified atom stereocenters. The van der Waals surface area contributed by atoms with E-state index in [0.717, 1.165) is 0 Å². The average Bonchev–Trinajstić information content (AvgIpc) is 2.04. The molecule has 5 N–H and O–H groups in total. The van der Waals surface area contributed by atoms with Crippen LogP contribution >= 0.6 is 0 Å². The molecule has 1 aromatic heterocycles. The number of oxime groups is 1. The van der Waals surface area contributed by atoms with Gasteiger partial charge in [0.15, 0.2) is 5.84 Å². The highest BCUT2D eigenvalue weighted by atomic mass is 16.4. The molecule has 11 heavy (non-hydrogen) atoms. The van der Waals surface area contributed by atoms with Crippen molar-refractivity contribution in [1.29, 1.82) is 0 Å². The first-order chi connectivity index (χ1) is 5.25. The van der Waals surface area contributed by atoms with Crippen LogP contribution in [0.15, 0.2) is 23.6 Å². The first kappa shape index (κ1) is 7.33. The maximum atomic E-state index is 8.30. The Balaban J connectivity index is 3.14. The van der Waals surface area contributed by atoms with Crippen LogP contribution in [0, 0.1) is 0 Å². The molecule has 0 saturated heterocycles. The van der Waals surface area contributed by atoms with Crippen LogP contribution in [0.2, 0.25) is 0 Å². The van der Waals surface area contributed by atoms with E-state index in [1.807, 2.05) is 0 Å². The summed E-state index contributed by atoms with van der Waals surface area (Å²) in [5.41, 5.74) is 11.6. The van der Waals surface area contributed by atoms with E-state index in [1.54, 1.807) is 6.07 Å². The van der Waals surface area contributed by atoms with E-state index >= 15 is 0 Å². The fraction of sp³-hybridized carbons (Fsp3) is 0. The second kappa shape index (κ2) is 2.87. The van der Waals surface area contributed by atoms with Crippen LogP contribution in [0.4, 0.5) is 5.69 Å². The van der Waals surface area contributed by atoms with Gasteiger partial charge in [-0.15, -0.1) is 0 Å². The van der Waals surface area contributed by atoms with Gasteiger partial charge in [-0.25, -0.2) is 0 Å². The Bertz CT molecular complexity index is 284. The van der Waals surface area contributed by atoms with Crippen molar-refractivity contribution in [3.05, 3.63) is 24.0 Å². The Kier molecular flexibility index (Phi) is 1.91.